The van der Waals surface area contributed by atoms with Crippen LogP contribution in [0.3, 0.4) is 0 Å². The van der Waals surface area contributed by atoms with Crippen LogP contribution in [0.2, 0.25) is 0 Å². The molecule has 1 aromatic carbocycles. The summed E-state index contributed by atoms with van der Waals surface area (Å²) in [4.78, 5) is 11.9. The molecule has 4 heteroatoms. The lowest BCUT2D eigenvalue weighted by Crippen LogP contribution is -2.34. The fourth-order valence-electron chi connectivity index (χ4n) is 1.32. The van der Waals surface area contributed by atoms with E-state index >= 15 is 0 Å². The van der Waals surface area contributed by atoms with Crippen molar-refractivity contribution < 1.29 is 9.18 Å². The van der Waals surface area contributed by atoms with E-state index in [1.54, 1.807) is 6.07 Å². The summed E-state index contributed by atoms with van der Waals surface area (Å²) in [5.41, 5.74) is 0.189. The van der Waals surface area contributed by atoms with Gasteiger partial charge in [-0.2, -0.15) is 0 Å². The Morgan fingerprint density at radius 3 is 2.61 bits per heavy atom. The quantitative estimate of drug-likeness (QED) is 0.897. The van der Waals surface area contributed by atoms with Gasteiger partial charge in [-0.05, 0) is 29.5 Å². The lowest BCUT2D eigenvalue weighted by molar-refractivity contribution is 0.0933. The lowest BCUT2D eigenvalue weighted by Gasteiger charge is -2.27. The molecular weight excluding hydrogens is 297 g/mol. The van der Waals surface area contributed by atoms with E-state index in [1.165, 1.54) is 12.1 Å². The van der Waals surface area contributed by atoms with Gasteiger partial charge in [0.25, 0.3) is 5.91 Å². The molecule has 0 heterocycles. The minimum Gasteiger partial charge on any atom is -0.352 e. The number of hydrogen-bond acceptors (Lipinski definition) is 1. The van der Waals surface area contributed by atoms with Gasteiger partial charge >= 0.3 is 0 Å². The summed E-state index contributed by atoms with van der Waals surface area (Å²) in [6.45, 7) is 8.95. The topological polar surface area (TPSA) is 29.1 Å². The predicted octanol–water partition coefficient (Wildman–Crippen LogP) is 4.00. The van der Waals surface area contributed by atoms with Crippen molar-refractivity contribution in [3.63, 3.8) is 0 Å². The molecule has 1 rings (SSSR count). The second-order valence-electron chi connectivity index (χ2n) is 5.60. The number of amides is 1. The van der Waals surface area contributed by atoms with Crippen LogP contribution in [0.4, 0.5) is 4.39 Å². The van der Waals surface area contributed by atoms with Crippen LogP contribution in [0, 0.1) is 17.2 Å². The van der Waals surface area contributed by atoms with Crippen LogP contribution in [0.15, 0.2) is 22.7 Å². The maximum Gasteiger partial charge on any atom is 0.254 e. The summed E-state index contributed by atoms with van der Waals surface area (Å²) in [5, 5.41) is 2.77. The zero-order valence-corrected chi connectivity index (χ0v) is 12.8. The first-order chi connectivity index (χ1) is 8.21. The third kappa shape index (κ3) is 4.09. The van der Waals surface area contributed by atoms with Crippen molar-refractivity contribution in [2.75, 3.05) is 6.54 Å². The smallest absolute Gasteiger partial charge is 0.254 e. The molecule has 1 aromatic rings. The van der Waals surface area contributed by atoms with E-state index in [0.717, 1.165) is 0 Å². The van der Waals surface area contributed by atoms with Gasteiger partial charge in [0.2, 0.25) is 0 Å². The number of benzene rings is 1. The summed E-state index contributed by atoms with van der Waals surface area (Å²) in [6.07, 6.45) is 0. The molecule has 0 bridgehead atoms. The number of carbonyl (C=O) groups is 1. The molecule has 0 aromatic heterocycles. The van der Waals surface area contributed by atoms with Crippen molar-refractivity contribution in [1.82, 2.24) is 5.32 Å². The Morgan fingerprint density at radius 1 is 1.44 bits per heavy atom. The molecule has 100 valence electrons. The molecule has 0 aliphatic carbocycles. The van der Waals surface area contributed by atoms with Gasteiger partial charge in [0.05, 0.1) is 5.56 Å². The van der Waals surface area contributed by atoms with E-state index in [2.05, 4.69) is 48.9 Å². The average Bonchev–Trinajstić information content (AvgIpc) is 2.27. The summed E-state index contributed by atoms with van der Waals surface area (Å²) < 4.78 is 14.2. The fraction of sp³-hybridized carbons (Fsp3) is 0.500. The Kier molecular flexibility index (Phi) is 4.91. The van der Waals surface area contributed by atoms with Gasteiger partial charge in [-0.25, -0.2) is 4.39 Å². The van der Waals surface area contributed by atoms with Crippen molar-refractivity contribution >= 4 is 21.8 Å². The number of halogens is 2. The summed E-state index contributed by atoms with van der Waals surface area (Å²) in [7, 11) is 0. The average molecular weight is 316 g/mol. The molecule has 1 amide bonds. The first-order valence-corrected chi connectivity index (χ1v) is 6.74. The van der Waals surface area contributed by atoms with Crippen molar-refractivity contribution in [3.05, 3.63) is 34.1 Å². The van der Waals surface area contributed by atoms with Crippen LogP contribution in [0.5, 0.6) is 0 Å². The molecule has 2 nitrogen and oxygen atoms in total. The number of hydrogen-bond donors (Lipinski definition) is 1. The second kappa shape index (κ2) is 5.83. The molecule has 0 aliphatic heterocycles. The molecule has 0 aliphatic rings. The lowest BCUT2D eigenvalue weighted by atomic mass is 9.82. The SMILES string of the molecule is CC(CNC(=O)c1cc(Br)ccc1F)C(C)(C)C. The van der Waals surface area contributed by atoms with Crippen molar-refractivity contribution in [3.8, 4) is 0 Å². The van der Waals surface area contributed by atoms with Crippen molar-refractivity contribution in [1.29, 1.82) is 0 Å². The maximum atomic E-state index is 13.5. The van der Waals surface area contributed by atoms with Crippen LogP contribution in [0.25, 0.3) is 0 Å². The third-order valence-electron chi connectivity index (χ3n) is 3.22. The molecule has 1 N–H and O–H groups in total. The van der Waals surface area contributed by atoms with Crippen molar-refractivity contribution in [2.24, 2.45) is 11.3 Å². The Morgan fingerprint density at radius 2 is 2.06 bits per heavy atom. The monoisotopic (exact) mass is 315 g/mol. The van der Waals surface area contributed by atoms with Gasteiger partial charge in [-0.1, -0.05) is 43.6 Å². The highest BCUT2D eigenvalue weighted by molar-refractivity contribution is 9.10. The van der Waals surface area contributed by atoms with E-state index in [4.69, 9.17) is 0 Å². The van der Waals surface area contributed by atoms with Gasteiger partial charge in [0, 0.05) is 11.0 Å². The van der Waals surface area contributed by atoms with Gasteiger partial charge in [-0.3, -0.25) is 4.79 Å². The van der Waals surface area contributed by atoms with E-state index < -0.39 is 5.82 Å². The highest BCUT2D eigenvalue weighted by Crippen LogP contribution is 2.24. The number of nitrogens with one attached hydrogen (secondary N) is 1. The molecule has 0 saturated heterocycles. The Labute approximate surface area is 116 Å². The van der Waals surface area contributed by atoms with Gasteiger partial charge in [0.15, 0.2) is 0 Å². The van der Waals surface area contributed by atoms with Crippen molar-refractivity contribution in [2.45, 2.75) is 27.7 Å². The summed E-state index contributed by atoms with van der Waals surface area (Å²) in [5.74, 6) is -0.555. The molecule has 0 radical (unpaired) electrons. The maximum absolute atomic E-state index is 13.5. The molecular formula is C14H19BrFNO. The summed E-state index contributed by atoms with van der Waals surface area (Å²) >= 11 is 3.23. The first-order valence-electron chi connectivity index (χ1n) is 5.95. The Bertz CT molecular complexity index is 440. The van der Waals surface area contributed by atoms with E-state index in [-0.39, 0.29) is 16.9 Å². The van der Waals surface area contributed by atoms with E-state index in [0.29, 0.717) is 16.9 Å². The van der Waals surface area contributed by atoms with Gasteiger partial charge in [-0.15, -0.1) is 0 Å². The first kappa shape index (κ1) is 15.2. The molecule has 1 unspecified atom stereocenters. The molecule has 18 heavy (non-hydrogen) atoms. The molecule has 0 saturated carbocycles. The van der Waals surface area contributed by atoms with Crippen LogP contribution in [-0.2, 0) is 0 Å². The molecule has 0 fully saturated rings. The summed E-state index contributed by atoms with van der Waals surface area (Å²) in [6, 6.07) is 4.35. The van der Waals surface area contributed by atoms with Crippen LogP contribution in [0.1, 0.15) is 38.1 Å². The van der Waals surface area contributed by atoms with Crippen LogP contribution in [-0.4, -0.2) is 12.5 Å². The van der Waals surface area contributed by atoms with Gasteiger partial charge in [0.1, 0.15) is 5.82 Å². The number of carbonyl (C=O) groups excluding carboxylic acids is 1. The highest BCUT2D eigenvalue weighted by Gasteiger charge is 2.21. The van der Waals surface area contributed by atoms with E-state index in [1.807, 2.05) is 0 Å². The van der Waals surface area contributed by atoms with Crippen LogP contribution >= 0.6 is 15.9 Å². The number of rotatable bonds is 3. The standard InChI is InChI=1S/C14H19BrFNO/c1-9(14(2,3)4)8-17-13(18)11-7-10(15)5-6-12(11)16/h5-7,9H,8H2,1-4H3,(H,17,18). The zero-order chi connectivity index (χ0) is 13.9. The molecule has 1 atom stereocenters. The molecule has 0 spiro atoms. The fourth-order valence-corrected chi connectivity index (χ4v) is 1.68. The minimum atomic E-state index is -0.501. The van der Waals surface area contributed by atoms with E-state index in [9.17, 15) is 9.18 Å². The Balaban J connectivity index is 2.69. The largest absolute Gasteiger partial charge is 0.352 e. The van der Waals surface area contributed by atoms with Gasteiger partial charge < -0.3 is 5.32 Å². The highest BCUT2D eigenvalue weighted by atomic mass is 79.9. The Hall–Kier alpha value is -0.900. The normalized spacial score (nSPS) is 13.2. The second-order valence-corrected chi connectivity index (χ2v) is 6.52. The predicted molar refractivity (Wildman–Crippen MR) is 75.1 cm³/mol. The zero-order valence-electron chi connectivity index (χ0n) is 11.2. The third-order valence-corrected chi connectivity index (χ3v) is 3.71. The van der Waals surface area contributed by atoms with Crippen LogP contribution < -0.4 is 5.32 Å². The minimum absolute atomic E-state index is 0.0745.